The third kappa shape index (κ3) is 3.01. The Kier molecular flexibility index (Phi) is 4.01. The smallest absolute Gasteiger partial charge is 0.323 e. The van der Waals surface area contributed by atoms with Crippen LogP contribution in [0.2, 0.25) is 0 Å². The minimum absolute atomic E-state index is 0.136. The summed E-state index contributed by atoms with van der Waals surface area (Å²) >= 11 is 3.48. The molecule has 1 aromatic carbocycles. The largest absolute Gasteiger partial charge is 0.396 e. The fourth-order valence-electron chi connectivity index (χ4n) is 1.79. The van der Waals surface area contributed by atoms with Crippen molar-refractivity contribution in [3.8, 4) is 0 Å². The zero-order valence-corrected chi connectivity index (χ0v) is 12.6. The molecule has 0 radical (unpaired) electrons. The van der Waals surface area contributed by atoms with Crippen molar-refractivity contribution in [2.24, 2.45) is 5.41 Å². The number of anilines is 1. The number of H-pyrrole nitrogens is 2. The highest BCUT2D eigenvalue weighted by atomic mass is 79.9. The van der Waals surface area contributed by atoms with Crippen LogP contribution in [0, 0.1) is 5.41 Å². The first kappa shape index (κ1) is 14.1. The Bertz CT molecular complexity index is 628. The van der Waals surface area contributed by atoms with Crippen LogP contribution in [0.1, 0.15) is 20.3 Å². The van der Waals surface area contributed by atoms with E-state index in [-0.39, 0.29) is 17.7 Å². The SMILES string of the molecule is CCC(C)(CO)CNc1cc2[nH]c(=O)[nH]c2cc1Br. The summed E-state index contributed by atoms with van der Waals surface area (Å²) in [5.41, 5.74) is 2.06. The zero-order chi connectivity index (χ0) is 14.0. The molecule has 1 unspecified atom stereocenters. The van der Waals surface area contributed by atoms with Crippen LogP contribution in [0.4, 0.5) is 5.69 Å². The lowest BCUT2D eigenvalue weighted by Gasteiger charge is -2.26. The Morgan fingerprint density at radius 2 is 2.00 bits per heavy atom. The number of aliphatic hydroxyl groups is 1. The maximum absolute atomic E-state index is 11.2. The van der Waals surface area contributed by atoms with Crippen LogP contribution in [0.3, 0.4) is 0 Å². The van der Waals surface area contributed by atoms with Crippen LogP contribution in [0.25, 0.3) is 11.0 Å². The van der Waals surface area contributed by atoms with Gasteiger partial charge in [0, 0.05) is 16.4 Å². The number of halogens is 1. The molecule has 104 valence electrons. The topological polar surface area (TPSA) is 80.9 Å². The average Bonchev–Trinajstić information content (AvgIpc) is 2.74. The van der Waals surface area contributed by atoms with E-state index >= 15 is 0 Å². The van der Waals surface area contributed by atoms with Gasteiger partial charge >= 0.3 is 5.69 Å². The summed E-state index contributed by atoms with van der Waals surface area (Å²) in [5, 5.41) is 12.7. The summed E-state index contributed by atoms with van der Waals surface area (Å²) in [7, 11) is 0. The lowest BCUT2D eigenvalue weighted by Crippen LogP contribution is -2.29. The fourth-order valence-corrected chi connectivity index (χ4v) is 2.28. The number of hydrogen-bond acceptors (Lipinski definition) is 3. The van der Waals surface area contributed by atoms with Crippen molar-refractivity contribution >= 4 is 32.7 Å². The summed E-state index contributed by atoms with van der Waals surface area (Å²) in [6, 6.07) is 3.74. The van der Waals surface area contributed by atoms with Gasteiger partial charge in [-0.15, -0.1) is 0 Å². The van der Waals surface area contributed by atoms with Crippen molar-refractivity contribution < 1.29 is 5.11 Å². The molecular formula is C13H18BrN3O2. The molecule has 19 heavy (non-hydrogen) atoms. The van der Waals surface area contributed by atoms with Crippen LogP contribution in [0.15, 0.2) is 21.4 Å². The Morgan fingerprint density at radius 3 is 2.58 bits per heavy atom. The molecule has 1 heterocycles. The Morgan fingerprint density at radius 1 is 1.37 bits per heavy atom. The molecule has 1 aromatic heterocycles. The van der Waals surface area contributed by atoms with E-state index in [0.717, 1.165) is 27.6 Å². The third-order valence-corrected chi connectivity index (χ3v) is 4.20. The predicted molar refractivity (Wildman–Crippen MR) is 80.6 cm³/mol. The molecule has 4 N–H and O–H groups in total. The molecule has 0 bridgehead atoms. The normalized spacial score (nSPS) is 14.5. The van der Waals surface area contributed by atoms with Crippen molar-refractivity contribution in [2.45, 2.75) is 20.3 Å². The molecule has 0 saturated heterocycles. The lowest BCUT2D eigenvalue weighted by molar-refractivity contribution is 0.149. The van der Waals surface area contributed by atoms with Gasteiger partial charge in [-0.1, -0.05) is 13.8 Å². The predicted octanol–water partition coefficient (Wildman–Crippen LogP) is 2.44. The second-order valence-corrected chi connectivity index (χ2v) is 5.99. The lowest BCUT2D eigenvalue weighted by atomic mass is 9.88. The molecule has 0 aliphatic heterocycles. The van der Waals surface area contributed by atoms with Crippen LogP contribution >= 0.6 is 15.9 Å². The van der Waals surface area contributed by atoms with Crippen molar-refractivity contribution in [1.29, 1.82) is 0 Å². The number of hydrogen-bond donors (Lipinski definition) is 4. The highest BCUT2D eigenvalue weighted by Crippen LogP contribution is 2.28. The number of aliphatic hydroxyl groups excluding tert-OH is 1. The molecule has 0 amide bonds. The molecule has 0 spiro atoms. The highest BCUT2D eigenvalue weighted by Gasteiger charge is 2.21. The van der Waals surface area contributed by atoms with Crippen LogP contribution < -0.4 is 11.0 Å². The minimum atomic E-state index is -0.215. The molecule has 0 aliphatic rings. The van der Waals surface area contributed by atoms with E-state index < -0.39 is 0 Å². The van der Waals surface area contributed by atoms with Gasteiger partial charge in [-0.2, -0.15) is 0 Å². The standard InChI is InChI=1S/C13H18BrN3O2/c1-3-13(2,7-18)6-15-9-5-11-10(4-8(9)14)16-12(19)17-11/h4-5,15,18H,3,6-7H2,1-2H3,(H2,16,17,19). The second kappa shape index (κ2) is 5.38. The monoisotopic (exact) mass is 327 g/mol. The number of aromatic amines is 2. The zero-order valence-electron chi connectivity index (χ0n) is 11.0. The van der Waals surface area contributed by atoms with Crippen LogP contribution in [0.5, 0.6) is 0 Å². The second-order valence-electron chi connectivity index (χ2n) is 5.13. The summed E-state index contributed by atoms with van der Waals surface area (Å²) in [6.45, 7) is 4.89. The average molecular weight is 328 g/mol. The molecule has 0 saturated carbocycles. The van der Waals surface area contributed by atoms with Crippen molar-refractivity contribution in [1.82, 2.24) is 9.97 Å². The van der Waals surface area contributed by atoms with Gasteiger partial charge in [-0.25, -0.2) is 4.79 Å². The molecule has 2 rings (SSSR count). The molecule has 6 heteroatoms. The third-order valence-electron chi connectivity index (χ3n) is 3.54. The van der Waals surface area contributed by atoms with E-state index in [1.54, 1.807) is 0 Å². The van der Waals surface area contributed by atoms with E-state index in [0.29, 0.717) is 6.54 Å². The van der Waals surface area contributed by atoms with E-state index in [4.69, 9.17) is 0 Å². The van der Waals surface area contributed by atoms with Crippen LogP contribution in [-0.2, 0) is 0 Å². The molecule has 1 atom stereocenters. The van der Waals surface area contributed by atoms with Gasteiger partial charge in [0.05, 0.1) is 23.3 Å². The first-order valence-corrected chi connectivity index (χ1v) is 7.03. The number of rotatable bonds is 5. The van der Waals surface area contributed by atoms with Gasteiger partial charge in [0.25, 0.3) is 0 Å². The van der Waals surface area contributed by atoms with E-state index in [9.17, 15) is 9.90 Å². The first-order valence-electron chi connectivity index (χ1n) is 6.24. The van der Waals surface area contributed by atoms with Gasteiger partial charge < -0.3 is 20.4 Å². The molecular weight excluding hydrogens is 310 g/mol. The molecule has 0 aliphatic carbocycles. The van der Waals surface area contributed by atoms with Gasteiger partial charge in [0.1, 0.15) is 0 Å². The molecule has 5 nitrogen and oxygen atoms in total. The number of aromatic nitrogens is 2. The summed E-state index contributed by atoms with van der Waals surface area (Å²) in [6.07, 6.45) is 0.886. The Balaban J connectivity index is 2.25. The van der Waals surface area contributed by atoms with Gasteiger partial charge in [-0.3, -0.25) is 0 Å². The fraction of sp³-hybridized carbons (Fsp3) is 0.462. The van der Waals surface area contributed by atoms with Gasteiger partial charge in [0.15, 0.2) is 0 Å². The maximum atomic E-state index is 11.2. The summed E-state index contributed by atoms with van der Waals surface area (Å²) in [5.74, 6) is 0. The Hall–Kier alpha value is -1.27. The highest BCUT2D eigenvalue weighted by molar-refractivity contribution is 9.10. The van der Waals surface area contributed by atoms with Gasteiger partial charge in [-0.05, 0) is 34.5 Å². The Labute approximate surface area is 119 Å². The molecule has 2 aromatic rings. The van der Waals surface area contributed by atoms with E-state index in [1.807, 2.05) is 19.1 Å². The molecule has 0 fully saturated rings. The van der Waals surface area contributed by atoms with Crippen molar-refractivity contribution in [3.05, 3.63) is 27.1 Å². The minimum Gasteiger partial charge on any atom is -0.396 e. The summed E-state index contributed by atoms with van der Waals surface area (Å²) in [4.78, 5) is 16.7. The number of fused-ring (bicyclic) bond motifs is 1. The number of imidazole rings is 1. The van der Waals surface area contributed by atoms with Gasteiger partial charge in [0.2, 0.25) is 0 Å². The van der Waals surface area contributed by atoms with Crippen molar-refractivity contribution in [3.63, 3.8) is 0 Å². The number of benzene rings is 1. The van der Waals surface area contributed by atoms with E-state index in [1.165, 1.54) is 0 Å². The van der Waals surface area contributed by atoms with Crippen molar-refractivity contribution in [2.75, 3.05) is 18.5 Å². The first-order chi connectivity index (χ1) is 8.97. The number of nitrogens with one attached hydrogen (secondary N) is 3. The summed E-state index contributed by atoms with van der Waals surface area (Å²) < 4.78 is 0.881. The van der Waals surface area contributed by atoms with Crippen LogP contribution in [-0.4, -0.2) is 28.2 Å². The van der Waals surface area contributed by atoms with E-state index in [2.05, 4.69) is 38.1 Å². The quantitative estimate of drug-likeness (QED) is 0.680. The maximum Gasteiger partial charge on any atom is 0.323 e.